The van der Waals surface area contributed by atoms with Gasteiger partial charge in [0.05, 0.1) is 11.3 Å². The van der Waals surface area contributed by atoms with Crippen molar-refractivity contribution in [3.63, 3.8) is 0 Å². The number of H-pyrrole nitrogens is 1. The molecule has 5 heteroatoms. The van der Waals surface area contributed by atoms with Gasteiger partial charge in [0.2, 0.25) is 0 Å². The van der Waals surface area contributed by atoms with Crippen LogP contribution in [0.15, 0.2) is 36.4 Å². The fourth-order valence-corrected chi connectivity index (χ4v) is 1.60. The second-order valence-corrected chi connectivity index (χ2v) is 3.47. The first-order chi connectivity index (χ1) is 8.08. The Morgan fingerprint density at radius 2 is 1.88 bits per heavy atom. The van der Waals surface area contributed by atoms with Gasteiger partial charge in [0.15, 0.2) is 0 Å². The molecule has 0 aliphatic rings. The monoisotopic (exact) mass is 231 g/mol. The predicted molar refractivity (Wildman–Crippen MR) is 61.5 cm³/mol. The molecule has 0 saturated carbocycles. The standard InChI is InChI=1S/C12H9NO4/c14-11(15)6-8(12(16)17)10-5-7-3-1-2-4-9(7)13-10/h1-6,13H,(H,14,15)(H,16,17)/b8-6-. The molecule has 0 unspecified atom stereocenters. The number of fused-ring (bicyclic) bond motifs is 1. The summed E-state index contributed by atoms with van der Waals surface area (Å²) in [4.78, 5) is 24.4. The molecule has 1 heterocycles. The van der Waals surface area contributed by atoms with Crippen LogP contribution in [0.1, 0.15) is 5.69 Å². The lowest BCUT2D eigenvalue weighted by atomic mass is 10.1. The lowest BCUT2D eigenvalue weighted by molar-refractivity contribution is -0.133. The van der Waals surface area contributed by atoms with Crippen LogP contribution in [-0.2, 0) is 9.59 Å². The highest BCUT2D eigenvalue weighted by Gasteiger charge is 2.14. The first-order valence-electron chi connectivity index (χ1n) is 4.84. The first kappa shape index (κ1) is 10.9. The number of carboxylic acids is 2. The van der Waals surface area contributed by atoms with Crippen molar-refractivity contribution in [2.75, 3.05) is 0 Å². The van der Waals surface area contributed by atoms with Crippen LogP contribution in [0.3, 0.4) is 0 Å². The van der Waals surface area contributed by atoms with E-state index in [1.54, 1.807) is 12.1 Å². The molecule has 86 valence electrons. The van der Waals surface area contributed by atoms with Gasteiger partial charge in [0.1, 0.15) is 0 Å². The molecule has 3 N–H and O–H groups in total. The highest BCUT2D eigenvalue weighted by molar-refractivity contribution is 6.19. The Morgan fingerprint density at radius 1 is 1.18 bits per heavy atom. The Morgan fingerprint density at radius 3 is 2.47 bits per heavy atom. The molecular weight excluding hydrogens is 222 g/mol. The summed E-state index contributed by atoms with van der Waals surface area (Å²) in [6.07, 6.45) is 0.674. The number of aromatic nitrogens is 1. The molecule has 2 rings (SSSR count). The molecule has 0 amide bonds. The molecule has 1 aromatic heterocycles. The SMILES string of the molecule is O=C(O)/C=C(\C(=O)O)c1cc2ccccc2[nH]1. The van der Waals surface area contributed by atoms with Crippen LogP contribution in [0, 0.1) is 0 Å². The van der Waals surface area contributed by atoms with Crippen molar-refractivity contribution >= 4 is 28.4 Å². The van der Waals surface area contributed by atoms with Gasteiger partial charge in [0, 0.05) is 17.0 Å². The topological polar surface area (TPSA) is 90.4 Å². The van der Waals surface area contributed by atoms with Gasteiger partial charge in [-0.05, 0) is 12.1 Å². The van der Waals surface area contributed by atoms with Crippen molar-refractivity contribution in [2.45, 2.75) is 0 Å². The van der Waals surface area contributed by atoms with Gasteiger partial charge in [0.25, 0.3) is 0 Å². The van der Waals surface area contributed by atoms with Crippen molar-refractivity contribution in [3.05, 3.63) is 42.1 Å². The van der Waals surface area contributed by atoms with E-state index < -0.39 is 11.9 Å². The predicted octanol–water partition coefficient (Wildman–Crippen LogP) is 1.72. The molecule has 0 radical (unpaired) electrons. The highest BCUT2D eigenvalue weighted by Crippen LogP contribution is 2.20. The second kappa shape index (κ2) is 4.13. The van der Waals surface area contributed by atoms with Gasteiger partial charge < -0.3 is 15.2 Å². The van der Waals surface area contributed by atoms with Crippen LogP contribution in [0.25, 0.3) is 16.5 Å². The summed E-state index contributed by atoms with van der Waals surface area (Å²) in [6, 6.07) is 8.85. The zero-order chi connectivity index (χ0) is 12.4. The largest absolute Gasteiger partial charge is 0.478 e. The zero-order valence-electron chi connectivity index (χ0n) is 8.68. The Kier molecular flexibility index (Phi) is 2.66. The minimum Gasteiger partial charge on any atom is -0.478 e. The molecule has 0 aliphatic heterocycles. The first-order valence-corrected chi connectivity index (χ1v) is 4.84. The summed E-state index contributed by atoms with van der Waals surface area (Å²) in [5, 5.41) is 18.4. The van der Waals surface area contributed by atoms with E-state index in [1.807, 2.05) is 18.2 Å². The van der Waals surface area contributed by atoms with Gasteiger partial charge >= 0.3 is 11.9 Å². The van der Waals surface area contributed by atoms with Gasteiger partial charge in [-0.15, -0.1) is 0 Å². The third-order valence-corrected chi connectivity index (χ3v) is 2.32. The van der Waals surface area contributed by atoms with E-state index >= 15 is 0 Å². The van der Waals surface area contributed by atoms with Crippen LogP contribution in [0.4, 0.5) is 0 Å². The molecule has 1 aromatic carbocycles. The number of benzene rings is 1. The average molecular weight is 231 g/mol. The highest BCUT2D eigenvalue weighted by atomic mass is 16.4. The van der Waals surface area contributed by atoms with E-state index in [0.29, 0.717) is 6.08 Å². The molecule has 0 fully saturated rings. The van der Waals surface area contributed by atoms with Gasteiger partial charge in [-0.1, -0.05) is 18.2 Å². The van der Waals surface area contributed by atoms with Gasteiger partial charge in [-0.3, -0.25) is 0 Å². The lowest BCUT2D eigenvalue weighted by Gasteiger charge is -1.96. The summed E-state index contributed by atoms with van der Waals surface area (Å²) in [5.74, 6) is -2.57. The maximum Gasteiger partial charge on any atom is 0.338 e. The third-order valence-electron chi connectivity index (χ3n) is 2.32. The number of aliphatic carboxylic acids is 2. The normalized spacial score (nSPS) is 11.6. The van der Waals surface area contributed by atoms with E-state index in [1.165, 1.54) is 0 Å². The maximum absolute atomic E-state index is 11.0. The number of nitrogens with one attached hydrogen (secondary N) is 1. The van der Waals surface area contributed by atoms with E-state index in [-0.39, 0.29) is 11.3 Å². The van der Waals surface area contributed by atoms with Crippen LogP contribution in [0.5, 0.6) is 0 Å². The van der Waals surface area contributed by atoms with Crippen molar-refractivity contribution in [1.82, 2.24) is 4.98 Å². The summed E-state index contributed by atoms with van der Waals surface area (Å²) < 4.78 is 0. The minimum absolute atomic E-state index is 0.270. The molecule has 17 heavy (non-hydrogen) atoms. The number of carbonyl (C=O) groups is 2. The van der Waals surface area contributed by atoms with Crippen molar-refractivity contribution < 1.29 is 19.8 Å². The van der Waals surface area contributed by atoms with Gasteiger partial charge in [-0.25, -0.2) is 9.59 Å². The zero-order valence-corrected chi connectivity index (χ0v) is 8.68. The van der Waals surface area contributed by atoms with Crippen molar-refractivity contribution in [3.8, 4) is 0 Å². The Labute approximate surface area is 96.0 Å². The maximum atomic E-state index is 11.0. The van der Waals surface area contributed by atoms with E-state index in [4.69, 9.17) is 10.2 Å². The summed E-state index contributed by atoms with van der Waals surface area (Å²) in [7, 11) is 0. The molecule has 0 aliphatic carbocycles. The van der Waals surface area contributed by atoms with Crippen LogP contribution >= 0.6 is 0 Å². The fourth-order valence-electron chi connectivity index (χ4n) is 1.60. The van der Waals surface area contributed by atoms with E-state index in [0.717, 1.165) is 10.9 Å². The third kappa shape index (κ3) is 2.17. The summed E-state index contributed by atoms with van der Waals surface area (Å²) in [6.45, 7) is 0. The molecule has 0 atom stereocenters. The van der Waals surface area contributed by atoms with Gasteiger partial charge in [-0.2, -0.15) is 0 Å². The molecule has 0 saturated heterocycles. The number of carboxylic acid groups (broad SMARTS) is 2. The molecular formula is C12H9NO4. The van der Waals surface area contributed by atoms with Crippen molar-refractivity contribution in [2.24, 2.45) is 0 Å². The number of aromatic amines is 1. The Bertz CT molecular complexity index is 591. The molecule has 5 nitrogen and oxygen atoms in total. The molecule has 2 aromatic rings. The smallest absolute Gasteiger partial charge is 0.338 e. The fraction of sp³-hybridized carbons (Fsp3) is 0. The quantitative estimate of drug-likeness (QED) is 0.701. The lowest BCUT2D eigenvalue weighted by Crippen LogP contribution is -2.03. The molecule has 0 bridgehead atoms. The Balaban J connectivity index is 2.57. The second-order valence-electron chi connectivity index (χ2n) is 3.47. The molecule has 0 spiro atoms. The summed E-state index contributed by atoms with van der Waals surface area (Å²) >= 11 is 0. The Hall–Kier alpha value is -2.56. The number of hydrogen-bond acceptors (Lipinski definition) is 2. The number of para-hydroxylation sites is 1. The number of hydrogen-bond donors (Lipinski definition) is 3. The minimum atomic E-state index is -1.29. The van der Waals surface area contributed by atoms with Crippen LogP contribution < -0.4 is 0 Å². The van der Waals surface area contributed by atoms with Crippen LogP contribution in [-0.4, -0.2) is 27.1 Å². The van der Waals surface area contributed by atoms with Crippen LogP contribution in [0.2, 0.25) is 0 Å². The van der Waals surface area contributed by atoms with Crippen molar-refractivity contribution in [1.29, 1.82) is 0 Å². The van der Waals surface area contributed by atoms with E-state index in [2.05, 4.69) is 4.98 Å². The number of rotatable bonds is 3. The van der Waals surface area contributed by atoms with E-state index in [9.17, 15) is 9.59 Å². The average Bonchev–Trinajstić information content (AvgIpc) is 2.68. The summed E-state index contributed by atoms with van der Waals surface area (Å²) in [5.41, 5.74) is 0.773.